The lowest BCUT2D eigenvalue weighted by atomic mass is 9.78. The first-order valence-corrected chi connectivity index (χ1v) is 8.37. The fraction of sp³-hybridized carbons (Fsp3) is 0.941. The van der Waals surface area contributed by atoms with Gasteiger partial charge in [-0.05, 0) is 46.0 Å². The molecular formula is C17H33NO4. The van der Waals surface area contributed by atoms with E-state index in [2.05, 4.69) is 5.32 Å². The fourth-order valence-electron chi connectivity index (χ4n) is 2.72. The number of hydrogen-bond donors (Lipinski definition) is 2. The topological polar surface area (TPSA) is 67.8 Å². The second-order valence-corrected chi connectivity index (χ2v) is 7.61. The molecule has 1 unspecified atom stereocenters. The van der Waals surface area contributed by atoms with E-state index in [9.17, 15) is 9.90 Å². The lowest BCUT2D eigenvalue weighted by molar-refractivity contribution is 0.0430. The Morgan fingerprint density at radius 1 is 1.27 bits per heavy atom. The molecule has 0 aromatic heterocycles. The Morgan fingerprint density at radius 2 is 1.95 bits per heavy atom. The standard InChI is InChI=1S/C17H33NO4/c1-16(2,3)22-15(20)18-12-17(13-19,11-14-7-8-14)9-5-6-10-21-4/h14,19H,5-13H2,1-4H3,(H,18,20). The third-order valence-electron chi connectivity index (χ3n) is 4.07. The largest absolute Gasteiger partial charge is 0.444 e. The first kappa shape index (κ1) is 19.2. The summed E-state index contributed by atoms with van der Waals surface area (Å²) in [6, 6.07) is 0. The highest BCUT2D eigenvalue weighted by molar-refractivity contribution is 5.67. The molecule has 0 heterocycles. The van der Waals surface area contributed by atoms with Gasteiger partial charge in [0, 0.05) is 25.7 Å². The molecule has 1 saturated carbocycles. The number of carbonyl (C=O) groups excluding carboxylic acids is 1. The van der Waals surface area contributed by atoms with E-state index < -0.39 is 11.7 Å². The molecule has 5 nitrogen and oxygen atoms in total. The zero-order valence-electron chi connectivity index (χ0n) is 14.6. The minimum Gasteiger partial charge on any atom is -0.444 e. The van der Waals surface area contributed by atoms with Crippen molar-refractivity contribution >= 4 is 6.09 Å². The maximum Gasteiger partial charge on any atom is 0.407 e. The molecule has 0 bridgehead atoms. The summed E-state index contributed by atoms with van der Waals surface area (Å²) < 4.78 is 10.4. The molecule has 0 saturated heterocycles. The summed E-state index contributed by atoms with van der Waals surface area (Å²) in [4.78, 5) is 11.9. The molecule has 0 aromatic carbocycles. The normalized spacial score (nSPS) is 17.9. The van der Waals surface area contributed by atoms with Gasteiger partial charge in [0.05, 0.1) is 6.61 Å². The van der Waals surface area contributed by atoms with Gasteiger partial charge in [-0.25, -0.2) is 4.79 Å². The SMILES string of the molecule is COCCCCC(CO)(CNC(=O)OC(C)(C)C)CC1CC1. The maximum atomic E-state index is 11.9. The van der Waals surface area contributed by atoms with Gasteiger partial charge in [-0.1, -0.05) is 19.3 Å². The van der Waals surface area contributed by atoms with Gasteiger partial charge in [-0.2, -0.15) is 0 Å². The number of amides is 1. The number of unbranched alkanes of at least 4 members (excludes halogenated alkanes) is 1. The summed E-state index contributed by atoms with van der Waals surface area (Å²) in [6.45, 7) is 6.86. The zero-order chi connectivity index (χ0) is 16.6. The summed E-state index contributed by atoms with van der Waals surface area (Å²) >= 11 is 0. The second-order valence-electron chi connectivity index (χ2n) is 7.61. The molecule has 130 valence electrons. The zero-order valence-corrected chi connectivity index (χ0v) is 14.6. The van der Waals surface area contributed by atoms with Gasteiger partial charge in [0.15, 0.2) is 0 Å². The number of hydrogen-bond acceptors (Lipinski definition) is 4. The molecule has 1 amide bonds. The van der Waals surface area contributed by atoms with E-state index in [1.807, 2.05) is 20.8 Å². The molecular weight excluding hydrogens is 282 g/mol. The van der Waals surface area contributed by atoms with Crippen molar-refractivity contribution < 1.29 is 19.4 Å². The molecule has 22 heavy (non-hydrogen) atoms. The van der Waals surface area contributed by atoms with Crippen LogP contribution in [0.15, 0.2) is 0 Å². The number of aliphatic hydroxyl groups is 1. The molecule has 2 N–H and O–H groups in total. The van der Waals surface area contributed by atoms with Crippen molar-refractivity contribution in [3.8, 4) is 0 Å². The Labute approximate surface area is 134 Å². The smallest absolute Gasteiger partial charge is 0.407 e. The first-order valence-electron chi connectivity index (χ1n) is 8.37. The highest BCUT2D eigenvalue weighted by Crippen LogP contribution is 2.42. The number of ether oxygens (including phenoxy) is 2. The van der Waals surface area contributed by atoms with Crippen LogP contribution in [0, 0.1) is 11.3 Å². The number of carbonyl (C=O) groups is 1. The van der Waals surface area contributed by atoms with Gasteiger partial charge in [0.2, 0.25) is 0 Å². The quantitative estimate of drug-likeness (QED) is 0.608. The Kier molecular flexibility index (Phi) is 7.63. The van der Waals surface area contributed by atoms with Crippen LogP contribution in [-0.4, -0.2) is 43.7 Å². The predicted molar refractivity (Wildman–Crippen MR) is 86.8 cm³/mol. The van der Waals surface area contributed by atoms with E-state index in [0.29, 0.717) is 12.5 Å². The molecule has 0 aliphatic heterocycles. The lowest BCUT2D eigenvalue weighted by Crippen LogP contribution is -2.42. The van der Waals surface area contributed by atoms with E-state index in [1.54, 1.807) is 7.11 Å². The average Bonchev–Trinajstić information content (AvgIpc) is 3.23. The molecule has 1 atom stereocenters. The number of aliphatic hydroxyl groups excluding tert-OH is 1. The molecule has 1 rings (SSSR count). The van der Waals surface area contributed by atoms with Crippen LogP contribution in [0.25, 0.3) is 0 Å². The summed E-state index contributed by atoms with van der Waals surface area (Å²) in [5.74, 6) is 0.704. The molecule has 5 heteroatoms. The fourth-order valence-corrected chi connectivity index (χ4v) is 2.72. The van der Waals surface area contributed by atoms with Crippen molar-refractivity contribution in [1.29, 1.82) is 0 Å². The Morgan fingerprint density at radius 3 is 2.45 bits per heavy atom. The van der Waals surface area contributed by atoms with Gasteiger partial charge in [0.1, 0.15) is 5.60 Å². The first-order chi connectivity index (χ1) is 10.3. The summed E-state index contributed by atoms with van der Waals surface area (Å²) in [5.41, 5.74) is -0.729. The summed E-state index contributed by atoms with van der Waals surface area (Å²) in [6.07, 6.45) is 5.94. The Bertz CT molecular complexity index is 336. The van der Waals surface area contributed by atoms with Crippen LogP contribution < -0.4 is 5.32 Å². The average molecular weight is 315 g/mol. The Hall–Kier alpha value is -0.810. The number of methoxy groups -OCH3 is 1. The second kappa shape index (κ2) is 8.73. The van der Waals surface area contributed by atoms with Crippen molar-refractivity contribution in [1.82, 2.24) is 5.32 Å². The van der Waals surface area contributed by atoms with Gasteiger partial charge in [-0.3, -0.25) is 0 Å². The van der Waals surface area contributed by atoms with E-state index in [-0.39, 0.29) is 12.0 Å². The van der Waals surface area contributed by atoms with E-state index >= 15 is 0 Å². The van der Waals surface area contributed by atoms with Gasteiger partial charge in [-0.15, -0.1) is 0 Å². The van der Waals surface area contributed by atoms with Crippen LogP contribution in [0.4, 0.5) is 4.79 Å². The summed E-state index contributed by atoms with van der Waals surface area (Å²) in [5, 5.41) is 12.8. The summed E-state index contributed by atoms with van der Waals surface area (Å²) in [7, 11) is 1.70. The molecule has 1 aliphatic carbocycles. The molecule has 0 spiro atoms. The van der Waals surface area contributed by atoms with E-state index in [4.69, 9.17) is 9.47 Å². The monoisotopic (exact) mass is 315 g/mol. The van der Waals surface area contributed by atoms with Gasteiger partial charge < -0.3 is 19.9 Å². The van der Waals surface area contributed by atoms with Crippen molar-refractivity contribution in [3.63, 3.8) is 0 Å². The van der Waals surface area contributed by atoms with E-state index in [1.165, 1.54) is 12.8 Å². The molecule has 0 aromatic rings. The van der Waals surface area contributed by atoms with Crippen LogP contribution >= 0.6 is 0 Å². The third-order valence-corrected chi connectivity index (χ3v) is 4.07. The lowest BCUT2D eigenvalue weighted by Gasteiger charge is -2.33. The number of nitrogens with one attached hydrogen (secondary N) is 1. The minimum atomic E-state index is -0.499. The van der Waals surface area contributed by atoms with Crippen molar-refractivity contribution in [2.24, 2.45) is 11.3 Å². The van der Waals surface area contributed by atoms with Crippen molar-refractivity contribution in [3.05, 3.63) is 0 Å². The number of rotatable bonds is 10. The highest BCUT2D eigenvalue weighted by Gasteiger charge is 2.36. The van der Waals surface area contributed by atoms with E-state index in [0.717, 1.165) is 32.3 Å². The third kappa shape index (κ3) is 7.99. The van der Waals surface area contributed by atoms with Crippen molar-refractivity contribution in [2.45, 2.75) is 64.9 Å². The predicted octanol–water partition coefficient (Wildman–Crippen LogP) is 3.11. The molecule has 1 aliphatic rings. The van der Waals surface area contributed by atoms with Gasteiger partial charge in [0.25, 0.3) is 0 Å². The van der Waals surface area contributed by atoms with Crippen LogP contribution in [0.5, 0.6) is 0 Å². The van der Waals surface area contributed by atoms with Crippen LogP contribution in [0.3, 0.4) is 0 Å². The minimum absolute atomic E-state index is 0.103. The van der Waals surface area contributed by atoms with Crippen LogP contribution in [0.2, 0.25) is 0 Å². The van der Waals surface area contributed by atoms with Crippen LogP contribution in [-0.2, 0) is 9.47 Å². The number of alkyl carbamates (subject to hydrolysis) is 1. The molecule has 1 fully saturated rings. The van der Waals surface area contributed by atoms with Crippen LogP contribution in [0.1, 0.15) is 59.3 Å². The van der Waals surface area contributed by atoms with Crippen molar-refractivity contribution in [2.75, 3.05) is 26.9 Å². The van der Waals surface area contributed by atoms with Gasteiger partial charge >= 0.3 is 6.09 Å². The maximum absolute atomic E-state index is 11.9. The molecule has 0 radical (unpaired) electrons. The Balaban J connectivity index is 2.50. The highest BCUT2D eigenvalue weighted by atomic mass is 16.6.